The van der Waals surface area contributed by atoms with Crippen LogP contribution in [0.1, 0.15) is 13.3 Å². The molecule has 1 aromatic carbocycles. The van der Waals surface area contributed by atoms with Crippen molar-refractivity contribution in [1.29, 1.82) is 0 Å². The summed E-state index contributed by atoms with van der Waals surface area (Å²) in [4.78, 5) is 1.28. The Labute approximate surface area is 114 Å². The highest BCUT2D eigenvalue weighted by atomic mass is 32.2. The third-order valence-corrected chi connectivity index (χ3v) is 3.66. The molecule has 0 bridgehead atoms. The standard InChI is InChI=1S/C14H23NO2S/c1-14(16,8-10-17-2)12-15-9-11-18-13-6-4-3-5-7-13/h3-7,15-16H,8-12H2,1-2H3. The van der Waals surface area contributed by atoms with Gasteiger partial charge in [0.1, 0.15) is 0 Å². The summed E-state index contributed by atoms with van der Waals surface area (Å²) in [5.41, 5.74) is -0.687. The summed E-state index contributed by atoms with van der Waals surface area (Å²) in [5, 5.41) is 13.3. The number of methoxy groups -OCH3 is 1. The molecule has 0 heterocycles. The lowest BCUT2D eigenvalue weighted by molar-refractivity contribution is 0.0255. The lowest BCUT2D eigenvalue weighted by Crippen LogP contribution is -2.39. The van der Waals surface area contributed by atoms with Crippen molar-refractivity contribution in [2.75, 3.05) is 32.6 Å². The monoisotopic (exact) mass is 269 g/mol. The van der Waals surface area contributed by atoms with Gasteiger partial charge in [0.25, 0.3) is 0 Å². The molecule has 1 rings (SSSR count). The van der Waals surface area contributed by atoms with E-state index in [0.717, 1.165) is 12.3 Å². The Balaban J connectivity index is 2.08. The lowest BCUT2D eigenvalue weighted by Gasteiger charge is -2.23. The van der Waals surface area contributed by atoms with Gasteiger partial charge < -0.3 is 15.2 Å². The first kappa shape index (κ1) is 15.5. The van der Waals surface area contributed by atoms with Crippen molar-refractivity contribution in [2.45, 2.75) is 23.8 Å². The molecule has 0 spiro atoms. The fourth-order valence-corrected chi connectivity index (χ4v) is 2.36. The molecule has 0 fully saturated rings. The molecule has 0 saturated heterocycles. The van der Waals surface area contributed by atoms with Crippen molar-refractivity contribution < 1.29 is 9.84 Å². The molecular weight excluding hydrogens is 246 g/mol. The largest absolute Gasteiger partial charge is 0.389 e. The second kappa shape index (κ2) is 8.53. The van der Waals surface area contributed by atoms with Crippen molar-refractivity contribution in [2.24, 2.45) is 0 Å². The number of aliphatic hydroxyl groups is 1. The number of thioether (sulfide) groups is 1. The first-order chi connectivity index (χ1) is 8.64. The molecule has 3 nitrogen and oxygen atoms in total. The van der Waals surface area contributed by atoms with E-state index in [2.05, 4.69) is 17.4 Å². The Morgan fingerprint density at radius 2 is 2.06 bits per heavy atom. The third-order valence-electron chi connectivity index (χ3n) is 2.64. The molecule has 102 valence electrons. The Bertz CT molecular complexity index is 317. The van der Waals surface area contributed by atoms with Crippen LogP contribution in [0, 0.1) is 0 Å². The van der Waals surface area contributed by atoms with Gasteiger partial charge in [-0.3, -0.25) is 0 Å². The molecule has 1 aromatic rings. The van der Waals surface area contributed by atoms with E-state index < -0.39 is 5.60 Å². The van der Waals surface area contributed by atoms with Crippen molar-refractivity contribution in [3.8, 4) is 0 Å². The maximum Gasteiger partial charge on any atom is 0.0765 e. The van der Waals surface area contributed by atoms with E-state index in [9.17, 15) is 5.11 Å². The lowest BCUT2D eigenvalue weighted by atomic mass is 10.0. The number of ether oxygens (including phenoxy) is 1. The van der Waals surface area contributed by atoms with Crippen LogP contribution >= 0.6 is 11.8 Å². The first-order valence-corrected chi connectivity index (χ1v) is 7.22. The summed E-state index contributed by atoms with van der Waals surface area (Å²) in [5.74, 6) is 1.00. The third kappa shape index (κ3) is 7.01. The Morgan fingerprint density at radius 1 is 1.33 bits per heavy atom. The topological polar surface area (TPSA) is 41.5 Å². The van der Waals surface area contributed by atoms with Gasteiger partial charge in [-0.25, -0.2) is 0 Å². The molecule has 4 heteroatoms. The minimum absolute atomic E-state index is 0.591. The highest BCUT2D eigenvalue weighted by molar-refractivity contribution is 7.99. The molecule has 0 aliphatic heterocycles. The molecular formula is C14H23NO2S. The van der Waals surface area contributed by atoms with Gasteiger partial charge in [0.2, 0.25) is 0 Å². The minimum Gasteiger partial charge on any atom is -0.389 e. The summed E-state index contributed by atoms with van der Waals surface area (Å²) >= 11 is 1.82. The van der Waals surface area contributed by atoms with Gasteiger partial charge in [-0.1, -0.05) is 18.2 Å². The van der Waals surface area contributed by atoms with Crippen LogP contribution in [0.15, 0.2) is 35.2 Å². The van der Waals surface area contributed by atoms with Crippen LogP contribution in [0.5, 0.6) is 0 Å². The molecule has 1 atom stereocenters. The van der Waals surface area contributed by atoms with E-state index in [4.69, 9.17) is 4.74 Å². The summed E-state index contributed by atoms with van der Waals surface area (Å²) in [7, 11) is 1.65. The molecule has 2 N–H and O–H groups in total. The zero-order valence-electron chi connectivity index (χ0n) is 11.2. The predicted molar refractivity (Wildman–Crippen MR) is 77.2 cm³/mol. The molecule has 0 aliphatic carbocycles. The zero-order valence-corrected chi connectivity index (χ0v) is 12.0. The normalized spacial score (nSPS) is 14.4. The van der Waals surface area contributed by atoms with Crippen molar-refractivity contribution >= 4 is 11.8 Å². The van der Waals surface area contributed by atoms with Crippen molar-refractivity contribution in [3.63, 3.8) is 0 Å². The molecule has 1 unspecified atom stereocenters. The molecule has 0 radical (unpaired) electrons. The van der Waals surface area contributed by atoms with Gasteiger partial charge in [-0.05, 0) is 19.1 Å². The van der Waals surface area contributed by atoms with E-state index in [0.29, 0.717) is 19.6 Å². The number of benzene rings is 1. The SMILES string of the molecule is COCCC(C)(O)CNCCSc1ccccc1. The van der Waals surface area contributed by atoms with E-state index in [-0.39, 0.29) is 0 Å². The number of nitrogens with one attached hydrogen (secondary N) is 1. The van der Waals surface area contributed by atoms with E-state index >= 15 is 0 Å². The molecule has 0 aliphatic rings. The van der Waals surface area contributed by atoms with Gasteiger partial charge in [-0.15, -0.1) is 11.8 Å². The van der Waals surface area contributed by atoms with Crippen LogP contribution in [-0.4, -0.2) is 43.3 Å². The van der Waals surface area contributed by atoms with Gasteiger partial charge in [0.15, 0.2) is 0 Å². The van der Waals surface area contributed by atoms with Gasteiger partial charge >= 0.3 is 0 Å². The van der Waals surface area contributed by atoms with E-state index in [1.165, 1.54) is 4.90 Å². The molecule has 0 amide bonds. The fraction of sp³-hybridized carbons (Fsp3) is 0.571. The maximum absolute atomic E-state index is 10.0. The molecule has 18 heavy (non-hydrogen) atoms. The van der Waals surface area contributed by atoms with Gasteiger partial charge in [0, 0.05) is 43.9 Å². The van der Waals surface area contributed by atoms with E-state index in [1.54, 1.807) is 7.11 Å². The molecule has 0 saturated carbocycles. The predicted octanol–water partition coefficient (Wildman–Crippen LogP) is 2.16. The van der Waals surface area contributed by atoms with Gasteiger partial charge in [-0.2, -0.15) is 0 Å². The number of rotatable bonds is 9. The highest BCUT2D eigenvalue weighted by Crippen LogP contribution is 2.16. The fourth-order valence-electron chi connectivity index (χ4n) is 1.53. The summed E-state index contributed by atoms with van der Waals surface area (Å²) < 4.78 is 4.97. The van der Waals surface area contributed by atoms with Crippen LogP contribution in [0.4, 0.5) is 0 Å². The maximum atomic E-state index is 10.0. The van der Waals surface area contributed by atoms with E-state index in [1.807, 2.05) is 36.9 Å². The highest BCUT2D eigenvalue weighted by Gasteiger charge is 2.18. The van der Waals surface area contributed by atoms with Gasteiger partial charge in [0.05, 0.1) is 5.60 Å². The summed E-state index contributed by atoms with van der Waals surface area (Å²) in [6.07, 6.45) is 0.655. The molecule has 0 aromatic heterocycles. The quantitative estimate of drug-likeness (QED) is 0.532. The van der Waals surface area contributed by atoms with Crippen LogP contribution in [0.3, 0.4) is 0 Å². The smallest absolute Gasteiger partial charge is 0.0765 e. The van der Waals surface area contributed by atoms with Crippen molar-refractivity contribution in [3.05, 3.63) is 30.3 Å². The minimum atomic E-state index is -0.687. The Hall–Kier alpha value is -0.550. The average Bonchev–Trinajstić information content (AvgIpc) is 2.37. The van der Waals surface area contributed by atoms with Crippen LogP contribution < -0.4 is 5.32 Å². The van der Waals surface area contributed by atoms with Crippen LogP contribution in [-0.2, 0) is 4.74 Å². The number of hydrogen-bond acceptors (Lipinski definition) is 4. The van der Waals surface area contributed by atoms with Crippen molar-refractivity contribution in [1.82, 2.24) is 5.32 Å². The first-order valence-electron chi connectivity index (χ1n) is 6.24. The average molecular weight is 269 g/mol. The van der Waals surface area contributed by atoms with Crippen LogP contribution in [0.2, 0.25) is 0 Å². The second-order valence-corrected chi connectivity index (χ2v) is 5.75. The summed E-state index contributed by atoms with van der Waals surface area (Å²) in [6.45, 7) is 3.92. The zero-order chi connectivity index (χ0) is 13.3. The Kier molecular flexibility index (Phi) is 7.35. The van der Waals surface area contributed by atoms with Crippen LogP contribution in [0.25, 0.3) is 0 Å². The number of hydrogen-bond donors (Lipinski definition) is 2. The Morgan fingerprint density at radius 3 is 2.72 bits per heavy atom. The second-order valence-electron chi connectivity index (χ2n) is 4.58. The summed E-state index contributed by atoms with van der Waals surface area (Å²) in [6, 6.07) is 10.3.